The van der Waals surface area contributed by atoms with Crippen LogP contribution in [0.4, 0.5) is 0 Å². The Bertz CT molecular complexity index is 209. The monoisotopic (exact) mass is 235 g/mol. The molecule has 0 spiro atoms. The SMILES string of the molecule is COC(=O)CCCNCCC(C)S(C)=O. The second-order valence-corrected chi connectivity index (χ2v) is 5.33. The quantitative estimate of drug-likeness (QED) is 0.497. The van der Waals surface area contributed by atoms with Crippen molar-refractivity contribution < 1.29 is 13.7 Å². The molecular formula is C10H21NO3S. The predicted octanol–water partition coefficient (Wildman–Crippen LogP) is 0.686. The number of nitrogens with one attached hydrogen (secondary N) is 1. The zero-order valence-electron chi connectivity index (χ0n) is 9.75. The van der Waals surface area contributed by atoms with Crippen LogP contribution in [0.2, 0.25) is 0 Å². The van der Waals surface area contributed by atoms with E-state index in [2.05, 4.69) is 10.1 Å². The van der Waals surface area contributed by atoms with E-state index in [1.807, 2.05) is 6.92 Å². The van der Waals surface area contributed by atoms with Crippen LogP contribution in [0.5, 0.6) is 0 Å². The summed E-state index contributed by atoms with van der Waals surface area (Å²) in [5.41, 5.74) is 0. The molecule has 0 aliphatic rings. The summed E-state index contributed by atoms with van der Waals surface area (Å²) in [6, 6.07) is 0. The van der Waals surface area contributed by atoms with E-state index in [0.717, 1.165) is 25.9 Å². The van der Waals surface area contributed by atoms with E-state index in [-0.39, 0.29) is 11.2 Å². The van der Waals surface area contributed by atoms with Crippen LogP contribution in [-0.4, -0.2) is 41.9 Å². The van der Waals surface area contributed by atoms with Crippen molar-refractivity contribution in [2.75, 3.05) is 26.5 Å². The maximum Gasteiger partial charge on any atom is 0.305 e. The minimum absolute atomic E-state index is 0.167. The second-order valence-electron chi connectivity index (χ2n) is 3.53. The van der Waals surface area contributed by atoms with Gasteiger partial charge in [0.15, 0.2) is 0 Å². The average molecular weight is 235 g/mol. The highest BCUT2D eigenvalue weighted by Crippen LogP contribution is 1.97. The fourth-order valence-corrected chi connectivity index (χ4v) is 1.51. The van der Waals surface area contributed by atoms with Gasteiger partial charge in [-0.15, -0.1) is 0 Å². The van der Waals surface area contributed by atoms with Crippen LogP contribution in [0.15, 0.2) is 0 Å². The maximum atomic E-state index is 11.0. The topological polar surface area (TPSA) is 55.4 Å². The molecule has 0 radical (unpaired) electrons. The molecule has 0 rings (SSSR count). The van der Waals surface area contributed by atoms with Gasteiger partial charge in [-0.05, 0) is 25.9 Å². The number of carbonyl (C=O) groups is 1. The van der Waals surface area contributed by atoms with Crippen molar-refractivity contribution in [1.82, 2.24) is 5.32 Å². The van der Waals surface area contributed by atoms with Crippen molar-refractivity contribution >= 4 is 16.8 Å². The van der Waals surface area contributed by atoms with Crippen LogP contribution >= 0.6 is 0 Å². The fraction of sp³-hybridized carbons (Fsp3) is 0.900. The van der Waals surface area contributed by atoms with Gasteiger partial charge in [-0.2, -0.15) is 0 Å². The van der Waals surface area contributed by atoms with Crippen LogP contribution in [-0.2, 0) is 20.3 Å². The molecule has 0 saturated carbocycles. The molecule has 0 aliphatic heterocycles. The summed E-state index contributed by atoms with van der Waals surface area (Å²) in [5, 5.41) is 3.44. The molecule has 2 unspecified atom stereocenters. The number of hydrogen-bond donors (Lipinski definition) is 1. The van der Waals surface area contributed by atoms with Gasteiger partial charge in [-0.1, -0.05) is 6.92 Å². The first-order chi connectivity index (χ1) is 7.07. The van der Waals surface area contributed by atoms with Crippen LogP contribution in [0.1, 0.15) is 26.2 Å². The van der Waals surface area contributed by atoms with Crippen LogP contribution < -0.4 is 5.32 Å². The fourth-order valence-electron chi connectivity index (χ4n) is 1.06. The molecule has 0 bridgehead atoms. The molecule has 4 nitrogen and oxygen atoms in total. The zero-order chi connectivity index (χ0) is 11.7. The molecule has 0 amide bonds. The van der Waals surface area contributed by atoms with Gasteiger partial charge >= 0.3 is 5.97 Å². The molecule has 0 aliphatic carbocycles. The Balaban J connectivity index is 3.25. The third kappa shape index (κ3) is 8.57. The predicted molar refractivity (Wildman–Crippen MR) is 62.3 cm³/mol. The Morgan fingerprint density at radius 2 is 2.13 bits per heavy atom. The Morgan fingerprint density at radius 3 is 2.67 bits per heavy atom. The van der Waals surface area contributed by atoms with E-state index in [0.29, 0.717) is 6.42 Å². The van der Waals surface area contributed by atoms with Crippen molar-refractivity contribution in [3.63, 3.8) is 0 Å². The molecule has 1 N–H and O–H groups in total. The Hall–Kier alpha value is -0.420. The Labute approximate surface area is 94.2 Å². The molecule has 2 atom stereocenters. The first-order valence-corrected chi connectivity index (χ1v) is 6.79. The van der Waals surface area contributed by atoms with Gasteiger partial charge in [0.05, 0.1) is 7.11 Å². The van der Waals surface area contributed by atoms with E-state index in [4.69, 9.17) is 0 Å². The second kappa shape index (κ2) is 8.85. The van der Waals surface area contributed by atoms with Crippen molar-refractivity contribution in [2.45, 2.75) is 31.4 Å². The molecule has 0 fully saturated rings. The Morgan fingerprint density at radius 1 is 1.47 bits per heavy atom. The van der Waals surface area contributed by atoms with E-state index in [1.165, 1.54) is 7.11 Å². The average Bonchev–Trinajstić information content (AvgIpc) is 2.22. The van der Waals surface area contributed by atoms with Gasteiger partial charge in [0.2, 0.25) is 0 Å². The Kier molecular flexibility index (Phi) is 8.61. The summed E-state index contributed by atoms with van der Waals surface area (Å²) in [6.07, 6.45) is 3.87. The molecular weight excluding hydrogens is 214 g/mol. The van der Waals surface area contributed by atoms with Crippen molar-refractivity contribution in [2.24, 2.45) is 0 Å². The molecule has 0 aromatic heterocycles. The summed E-state index contributed by atoms with van der Waals surface area (Å²) in [5.74, 6) is -0.167. The van der Waals surface area contributed by atoms with Crippen molar-refractivity contribution in [1.29, 1.82) is 0 Å². The first kappa shape index (κ1) is 14.6. The summed E-state index contributed by atoms with van der Waals surface area (Å²) >= 11 is 0. The lowest BCUT2D eigenvalue weighted by molar-refractivity contribution is -0.140. The van der Waals surface area contributed by atoms with E-state index in [1.54, 1.807) is 6.26 Å². The number of esters is 1. The van der Waals surface area contributed by atoms with Crippen molar-refractivity contribution in [3.05, 3.63) is 0 Å². The van der Waals surface area contributed by atoms with Gasteiger partial charge in [0.1, 0.15) is 0 Å². The van der Waals surface area contributed by atoms with E-state index in [9.17, 15) is 9.00 Å². The molecule has 15 heavy (non-hydrogen) atoms. The van der Waals surface area contributed by atoms with Gasteiger partial charge in [-0.3, -0.25) is 9.00 Å². The van der Waals surface area contributed by atoms with Crippen LogP contribution in [0.3, 0.4) is 0 Å². The number of methoxy groups -OCH3 is 1. The van der Waals surface area contributed by atoms with Crippen LogP contribution in [0.25, 0.3) is 0 Å². The number of carbonyl (C=O) groups excluding carboxylic acids is 1. The molecule has 5 heteroatoms. The first-order valence-electron chi connectivity index (χ1n) is 5.17. The standard InChI is InChI=1S/C10H21NO3S/c1-9(15(3)13)6-8-11-7-4-5-10(12)14-2/h9,11H,4-8H2,1-3H3. The summed E-state index contributed by atoms with van der Waals surface area (Å²) in [6.45, 7) is 3.63. The van der Waals surface area contributed by atoms with Gasteiger partial charge < -0.3 is 10.1 Å². The van der Waals surface area contributed by atoms with E-state index >= 15 is 0 Å². The lowest BCUT2D eigenvalue weighted by Crippen LogP contribution is -2.22. The van der Waals surface area contributed by atoms with Crippen LogP contribution in [0, 0.1) is 0 Å². The van der Waals surface area contributed by atoms with Crippen molar-refractivity contribution in [3.8, 4) is 0 Å². The van der Waals surface area contributed by atoms with E-state index < -0.39 is 10.8 Å². The highest BCUT2D eigenvalue weighted by Gasteiger charge is 2.04. The van der Waals surface area contributed by atoms with Gasteiger partial charge in [-0.25, -0.2) is 0 Å². The number of ether oxygens (including phenoxy) is 1. The molecule has 90 valence electrons. The maximum absolute atomic E-state index is 11.0. The third-order valence-corrected chi connectivity index (χ3v) is 3.63. The third-order valence-electron chi connectivity index (χ3n) is 2.26. The summed E-state index contributed by atoms with van der Waals surface area (Å²) < 4.78 is 15.5. The minimum atomic E-state index is -0.740. The minimum Gasteiger partial charge on any atom is -0.469 e. The molecule has 0 aromatic carbocycles. The highest BCUT2D eigenvalue weighted by atomic mass is 32.2. The number of hydrogen-bond acceptors (Lipinski definition) is 4. The normalized spacial score (nSPS) is 14.6. The van der Waals surface area contributed by atoms with Gasteiger partial charge in [0.25, 0.3) is 0 Å². The highest BCUT2D eigenvalue weighted by molar-refractivity contribution is 7.84. The zero-order valence-corrected chi connectivity index (χ0v) is 10.6. The summed E-state index contributed by atoms with van der Waals surface area (Å²) in [7, 11) is 0.656. The molecule has 0 heterocycles. The molecule has 0 aromatic rings. The lowest BCUT2D eigenvalue weighted by Gasteiger charge is -2.08. The lowest BCUT2D eigenvalue weighted by atomic mass is 10.3. The molecule has 0 saturated heterocycles. The largest absolute Gasteiger partial charge is 0.469 e. The summed E-state index contributed by atoms with van der Waals surface area (Å²) in [4.78, 5) is 10.8. The van der Waals surface area contributed by atoms with Gasteiger partial charge in [0, 0.05) is 28.7 Å². The number of rotatable bonds is 8. The smallest absolute Gasteiger partial charge is 0.305 e.